The molecule has 0 amide bonds. The van der Waals surface area contributed by atoms with Crippen molar-refractivity contribution in [2.45, 2.75) is 31.8 Å². The zero-order chi connectivity index (χ0) is 13.1. The molecule has 104 valence electrons. The van der Waals surface area contributed by atoms with E-state index < -0.39 is 0 Å². The van der Waals surface area contributed by atoms with E-state index in [0.29, 0.717) is 6.04 Å². The van der Waals surface area contributed by atoms with Gasteiger partial charge in [-0.2, -0.15) is 0 Å². The maximum atomic E-state index is 5.35. The van der Waals surface area contributed by atoms with Gasteiger partial charge in [0.25, 0.3) is 0 Å². The molecule has 2 heterocycles. The van der Waals surface area contributed by atoms with Crippen molar-refractivity contribution in [1.29, 1.82) is 0 Å². The summed E-state index contributed by atoms with van der Waals surface area (Å²) in [5.74, 6) is 1.68. The Morgan fingerprint density at radius 1 is 1.47 bits per heavy atom. The van der Waals surface area contributed by atoms with Crippen LogP contribution >= 0.6 is 0 Å². The average Bonchev–Trinajstić information content (AvgIpc) is 3.26. The number of aromatic nitrogens is 1. The molecule has 0 spiro atoms. The zero-order valence-electron chi connectivity index (χ0n) is 11.6. The Balaban J connectivity index is 1.66. The van der Waals surface area contributed by atoms with Gasteiger partial charge in [-0.05, 0) is 44.3 Å². The van der Waals surface area contributed by atoms with Gasteiger partial charge in [0.2, 0.25) is 5.88 Å². The van der Waals surface area contributed by atoms with Crippen molar-refractivity contribution in [3.8, 4) is 5.88 Å². The van der Waals surface area contributed by atoms with E-state index in [9.17, 15) is 0 Å². The highest BCUT2D eigenvalue weighted by molar-refractivity contribution is 5.25. The van der Waals surface area contributed by atoms with Gasteiger partial charge in [0.05, 0.1) is 7.11 Å². The second kappa shape index (κ2) is 5.88. The zero-order valence-corrected chi connectivity index (χ0v) is 11.6. The largest absolute Gasteiger partial charge is 0.481 e. The highest BCUT2D eigenvalue weighted by Crippen LogP contribution is 2.33. The van der Waals surface area contributed by atoms with Gasteiger partial charge in [0.1, 0.15) is 0 Å². The standard InChI is InChI=1S/C15H23N3O/c1-19-15-13(4-2-7-17-15)10-18-9-3-8-16-14(11-18)12-5-6-12/h2,4,7,12,14,16H,3,5-6,8-11H2,1H3. The average molecular weight is 261 g/mol. The number of nitrogens with one attached hydrogen (secondary N) is 1. The molecule has 1 aliphatic carbocycles. The molecule has 0 aromatic carbocycles. The lowest BCUT2D eigenvalue weighted by Crippen LogP contribution is -2.39. The Kier molecular flexibility index (Phi) is 3.99. The normalized spacial score (nSPS) is 25.0. The minimum absolute atomic E-state index is 0.685. The van der Waals surface area contributed by atoms with Crippen LogP contribution in [0.4, 0.5) is 0 Å². The van der Waals surface area contributed by atoms with E-state index >= 15 is 0 Å². The first-order chi connectivity index (χ1) is 9.36. The third-order valence-corrected chi connectivity index (χ3v) is 4.14. The van der Waals surface area contributed by atoms with Gasteiger partial charge in [-0.25, -0.2) is 4.98 Å². The summed E-state index contributed by atoms with van der Waals surface area (Å²) in [5, 5.41) is 3.70. The van der Waals surface area contributed by atoms with Crippen molar-refractivity contribution in [3.63, 3.8) is 0 Å². The molecule has 2 fully saturated rings. The Bertz CT molecular complexity index is 420. The molecule has 4 heteroatoms. The Morgan fingerprint density at radius 2 is 2.37 bits per heavy atom. The van der Waals surface area contributed by atoms with E-state index in [1.807, 2.05) is 6.07 Å². The van der Waals surface area contributed by atoms with E-state index in [1.54, 1.807) is 13.3 Å². The third-order valence-electron chi connectivity index (χ3n) is 4.14. The summed E-state index contributed by atoms with van der Waals surface area (Å²) in [6.45, 7) is 4.42. The molecule has 4 nitrogen and oxygen atoms in total. The van der Waals surface area contributed by atoms with Crippen LogP contribution < -0.4 is 10.1 Å². The molecule has 0 radical (unpaired) electrons. The predicted octanol–water partition coefficient (Wildman–Crippen LogP) is 1.66. The Hall–Kier alpha value is -1.13. The van der Waals surface area contributed by atoms with Crippen molar-refractivity contribution in [2.24, 2.45) is 5.92 Å². The van der Waals surface area contributed by atoms with E-state index in [2.05, 4.69) is 21.3 Å². The van der Waals surface area contributed by atoms with Crippen LogP contribution in [0.5, 0.6) is 5.88 Å². The second-order valence-corrected chi connectivity index (χ2v) is 5.66. The molecule has 1 saturated heterocycles. The minimum atomic E-state index is 0.685. The molecular weight excluding hydrogens is 238 g/mol. The van der Waals surface area contributed by atoms with E-state index in [4.69, 9.17) is 4.74 Å². The number of hydrogen-bond donors (Lipinski definition) is 1. The van der Waals surface area contributed by atoms with Crippen LogP contribution in [-0.4, -0.2) is 42.7 Å². The molecule has 1 aliphatic heterocycles. The summed E-state index contributed by atoms with van der Waals surface area (Å²) in [5.41, 5.74) is 1.20. The molecule has 0 bridgehead atoms. The number of ether oxygens (including phenoxy) is 1. The highest BCUT2D eigenvalue weighted by Gasteiger charge is 2.33. The molecule has 1 unspecified atom stereocenters. The molecule has 1 atom stereocenters. The van der Waals surface area contributed by atoms with Gasteiger partial charge in [0.15, 0.2) is 0 Å². The third kappa shape index (κ3) is 3.25. The van der Waals surface area contributed by atoms with E-state index in [-0.39, 0.29) is 0 Å². The van der Waals surface area contributed by atoms with Crippen LogP contribution in [0.25, 0.3) is 0 Å². The van der Waals surface area contributed by atoms with Crippen LogP contribution in [0.3, 0.4) is 0 Å². The number of hydrogen-bond acceptors (Lipinski definition) is 4. The number of rotatable bonds is 4. The van der Waals surface area contributed by atoms with Gasteiger partial charge in [-0.1, -0.05) is 6.07 Å². The monoisotopic (exact) mass is 261 g/mol. The van der Waals surface area contributed by atoms with E-state index in [0.717, 1.165) is 38.0 Å². The van der Waals surface area contributed by atoms with Crippen molar-refractivity contribution >= 4 is 0 Å². The van der Waals surface area contributed by atoms with Gasteiger partial charge in [-0.3, -0.25) is 4.90 Å². The van der Waals surface area contributed by atoms with Crippen LogP contribution in [0, 0.1) is 5.92 Å². The summed E-state index contributed by atoms with van der Waals surface area (Å²) in [7, 11) is 1.70. The number of nitrogens with zero attached hydrogens (tertiary/aromatic N) is 2. The summed E-state index contributed by atoms with van der Waals surface area (Å²) < 4.78 is 5.35. The Labute approximate surface area is 115 Å². The Morgan fingerprint density at radius 3 is 3.16 bits per heavy atom. The van der Waals surface area contributed by atoms with Crippen LogP contribution in [-0.2, 0) is 6.54 Å². The molecule has 3 rings (SSSR count). The lowest BCUT2D eigenvalue weighted by molar-refractivity contribution is 0.246. The highest BCUT2D eigenvalue weighted by atomic mass is 16.5. The summed E-state index contributed by atoms with van der Waals surface area (Å²) in [4.78, 5) is 6.83. The molecule has 2 aliphatic rings. The lowest BCUT2D eigenvalue weighted by Gasteiger charge is -2.24. The first kappa shape index (κ1) is 12.9. The number of methoxy groups -OCH3 is 1. The second-order valence-electron chi connectivity index (χ2n) is 5.66. The lowest BCUT2D eigenvalue weighted by atomic mass is 10.1. The molecule has 1 N–H and O–H groups in total. The van der Waals surface area contributed by atoms with Crippen molar-refractivity contribution in [2.75, 3.05) is 26.7 Å². The minimum Gasteiger partial charge on any atom is -0.481 e. The molecule has 1 saturated carbocycles. The molecule has 1 aromatic rings. The maximum Gasteiger partial charge on any atom is 0.217 e. The molecular formula is C15H23N3O. The first-order valence-corrected chi connectivity index (χ1v) is 7.30. The molecule has 19 heavy (non-hydrogen) atoms. The van der Waals surface area contributed by atoms with Crippen molar-refractivity contribution in [1.82, 2.24) is 15.2 Å². The maximum absolute atomic E-state index is 5.35. The smallest absolute Gasteiger partial charge is 0.217 e. The topological polar surface area (TPSA) is 37.4 Å². The first-order valence-electron chi connectivity index (χ1n) is 7.30. The van der Waals surface area contributed by atoms with Gasteiger partial charge in [0, 0.05) is 30.9 Å². The summed E-state index contributed by atoms with van der Waals surface area (Å²) >= 11 is 0. The van der Waals surface area contributed by atoms with Crippen LogP contribution in [0.1, 0.15) is 24.8 Å². The summed E-state index contributed by atoms with van der Waals surface area (Å²) in [6, 6.07) is 4.80. The molecule has 1 aromatic heterocycles. The van der Waals surface area contributed by atoms with Gasteiger partial charge in [-0.15, -0.1) is 0 Å². The number of pyridine rings is 1. The van der Waals surface area contributed by atoms with Crippen molar-refractivity contribution < 1.29 is 4.74 Å². The predicted molar refractivity (Wildman–Crippen MR) is 75.2 cm³/mol. The fourth-order valence-corrected chi connectivity index (χ4v) is 2.95. The van der Waals surface area contributed by atoms with Crippen LogP contribution in [0.15, 0.2) is 18.3 Å². The van der Waals surface area contributed by atoms with Crippen molar-refractivity contribution in [3.05, 3.63) is 23.9 Å². The quantitative estimate of drug-likeness (QED) is 0.894. The van der Waals surface area contributed by atoms with Crippen LogP contribution in [0.2, 0.25) is 0 Å². The van der Waals surface area contributed by atoms with Gasteiger partial charge >= 0.3 is 0 Å². The van der Waals surface area contributed by atoms with Gasteiger partial charge < -0.3 is 10.1 Å². The van der Waals surface area contributed by atoms with E-state index in [1.165, 1.54) is 24.8 Å². The SMILES string of the molecule is COc1ncccc1CN1CCCNC(C2CC2)C1. The fourth-order valence-electron chi connectivity index (χ4n) is 2.95. The fraction of sp³-hybridized carbons (Fsp3) is 0.667. The summed E-state index contributed by atoms with van der Waals surface area (Å²) in [6.07, 6.45) is 5.83.